The van der Waals surface area contributed by atoms with Crippen LogP contribution in [0.4, 0.5) is 0 Å². The summed E-state index contributed by atoms with van der Waals surface area (Å²) in [6, 6.07) is 8.02. The SMILES string of the molecule is CN=C(NCCc1nc(C(C)C)no1)NCC(C)(C)Cc1cccc(Cl)c1.I. The van der Waals surface area contributed by atoms with Gasteiger partial charge in [0.25, 0.3) is 0 Å². The lowest BCUT2D eigenvalue weighted by Gasteiger charge is -2.26. The monoisotopic (exact) mass is 519 g/mol. The van der Waals surface area contributed by atoms with Gasteiger partial charge < -0.3 is 15.2 Å². The number of halogens is 2. The van der Waals surface area contributed by atoms with Crippen molar-refractivity contribution in [3.05, 3.63) is 46.6 Å². The van der Waals surface area contributed by atoms with Crippen LogP contribution in [0.2, 0.25) is 5.02 Å². The number of guanidine groups is 1. The standard InChI is InChI=1S/C20H30ClN5O.HI/c1-14(2)18-25-17(27-26-18)9-10-23-19(22-5)24-13-20(3,4)12-15-7-6-8-16(21)11-15;/h6-8,11,14H,9-10,12-13H2,1-5H3,(H2,22,23,24);1H. The molecule has 28 heavy (non-hydrogen) atoms. The normalized spacial score (nSPS) is 12.0. The summed E-state index contributed by atoms with van der Waals surface area (Å²) >= 11 is 6.09. The summed E-state index contributed by atoms with van der Waals surface area (Å²) in [6.45, 7) is 10.00. The van der Waals surface area contributed by atoms with E-state index in [-0.39, 0.29) is 35.3 Å². The lowest BCUT2D eigenvalue weighted by atomic mass is 9.86. The van der Waals surface area contributed by atoms with Gasteiger partial charge in [0.15, 0.2) is 11.8 Å². The van der Waals surface area contributed by atoms with Gasteiger partial charge in [-0.05, 0) is 29.5 Å². The molecule has 0 atom stereocenters. The van der Waals surface area contributed by atoms with E-state index in [1.165, 1.54) is 5.56 Å². The van der Waals surface area contributed by atoms with E-state index in [1.807, 2.05) is 32.0 Å². The predicted octanol–water partition coefficient (Wildman–Crippen LogP) is 4.44. The van der Waals surface area contributed by atoms with Crippen molar-refractivity contribution in [3.8, 4) is 0 Å². The third-order valence-electron chi connectivity index (χ3n) is 4.16. The average molecular weight is 520 g/mol. The number of benzene rings is 1. The fraction of sp³-hybridized carbons (Fsp3) is 0.550. The van der Waals surface area contributed by atoms with Gasteiger partial charge in [0, 0.05) is 37.5 Å². The second kappa shape index (κ2) is 11.6. The smallest absolute Gasteiger partial charge is 0.228 e. The molecule has 0 unspecified atom stereocenters. The number of nitrogens with one attached hydrogen (secondary N) is 2. The molecule has 0 amide bonds. The lowest BCUT2D eigenvalue weighted by Crippen LogP contribution is -2.43. The van der Waals surface area contributed by atoms with Crippen molar-refractivity contribution >= 4 is 41.5 Å². The van der Waals surface area contributed by atoms with E-state index < -0.39 is 0 Å². The van der Waals surface area contributed by atoms with Gasteiger partial charge in [-0.15, -0.1) is 24.0 Å². The van der Waals surface area contributed by atoms with Crippen LogP contribution in [0.15, 0.2) is 33.8 Å². The van der Waals surface area contributed by atoms with Crippen molar-refractivity contribution in [2.24, 2.45) is 10.4 Å². The Morgan fingerprint density at radius 2 is 2.04 bits per heavy atom. The first-order valence-electron chi connectivity index (χ1n) is 9.30. The minimum atomic E-state index is 0. The molecule has 156 valence electrons. The van der Waals surface area contributed by atoms with Gasteiger partial charge in [0.05, 0.1) is 0 Å². The molecule has 0 fully saturated rings. The molecule has 2 rings (SSSR count). The summed E-state index contributed by atoms with van der Waals surface area (Å²) in [5.41, 5.74) is 1.29. The fourth-order valence-corrected chi connectivity index (χ4v) is 2.91. The lowest BCUT2D eigenvalue weighted by molar-refractivity contribution is 0.358. The highest BCUT2D eigenvalue weighted by Gasteiger charge is 2.19. The van der Waals surface area contributed by atoms with Crippen LogP contribution in [0.3, 0.4) is 0 Å². The van der Waals surface area contributed by atoms with Gasteiger partial charge in [0.1, 0.15) is 0 Å². The molecular formula is C20H31ClIN5O. The number of rotatable bonds is 8. The van der Waals surface area contributed by atoms with Gasteiger partial charge >= 0.3 is 0 Å². The van der Waals surface area contributed by atoms with Crippen LogP contribution in [0.25, 0.3) is 0 Å². The van der Waals surface area contributed by atoms with E-state index >= 15 is 0 Å². The maximum Gasteiger partial charge on any atom is 0.228 e. The van der Waals surface area contributed by atoms with Crippen LogP contribution in [0, 0.1) is 5.41 Å². The average Bonchev–Trinajstić information content (AvgIpc) is 3.06. The Bertz CT molecular complexity index is 761. The van der Waals surface area contributed by atoms with Crippen molar-refractivity contribution in [1.29, 1.82) is 0 Å². The highest BCUT2D eigenvalue weighted by atomic mass is 127. The predicted molar refractivity (Wildman–Crippen MR) is 126 cm³/mol. The molecular weight excluding hydrogens is 489 g/mol. The van der Waals surface area contributed by atoms with Crippen LogP contribution in [0.5, 0.6) is 0 Å². The van der Waals surface area contributed by atoms with E-state index in [0.29, 0.717) is 18.9 Å². The first-order valence-corrected chi connectivity index (χ1v) is 9.68. The zero-order valence-corrected chi connectivity index (χ0v) is 20.3. The summed E-state index contributed by atoms with van der Waals surface area (Å²) in [7, 11) is 1.77. The summed E-state index contributed by atoms with van der Waals surface area (Å²) in [5.74, 6) is 2.42. The molecule has 0 aliphatic rings. The molecule has 8 heteroatoms. The molecule has 0 aliphatic heterocycles. The zero-order valence-electron chi connectivity index (χ0n) is 17.3. The molecule has 1 heterocycles. The summed E-state index contributed by atoms with van der Waals surface area (Å²) in [5, 5.41) is 11.4. The Labute approximate surface area is 189 Å². The molecule has 2 aromatic rings. The maximum atomic E-state index is 6.09. The van der Waals surface area contributed by atoms with Crippen LogP contribution in [-0.4, -0.2) is 36.2 Å². The number of hydrogen-bond acceptors (Lipinski definition) is 4. The third-order valence-corrected chi connectivity index (χ3v) is 4.40. The van der Waals surface area contributed by atoms with Gasteiger partial charge in [-0.25, -0.2) is 0 Å². The van der Waals surface area contributed by atoms with Crippen LogP contribution < -0.4 is 10.6 Å². The Balaban J connectivity index is 0.00000392. The highest BCUT2D eigenvalue weighted by Crippen LogP contribution is 2.22. The maximum absolute atomic E-state index is 6.09. The van der Waals surface area contributed by atoms with Gasteiger partial charge in [-0.1, -0.05) is 56.6 Å². The van der Waals surface area contributed by atoms with Crippen molar-refractivity contribution in [1.82, 2.24) is 20.8 Å². The molecule has 0 radical (unpaired) electrons. The molecule has 2 N–H and O–H groups in total. The molecule has 0 saturated heterocycles. The van der Waals surface area contributed by atoms with Crippen molar-refractivity contribution in [3.63, 3.8) is 0 Å². The van der Waals surface area contributed by atoms with Crippen LogP contribution >= 0.6 is 35.6 Å². The highest BCUT2D eigenvalue weighted by molar-refractivity contribution is 14.0. The number of nitrogens with zero attached hydrogens (tertiary/aromatic N) is 3. The van der Waals surface area contributed by atoms with E-state index in [0.717, 1.165) is 29.8 Å². The van der Waals surface area contributed by atoms with E-state index in [2.05, 4.69) is 45.7 Å². The van der Waals surface area contributed by atoms with Gasteiger partial charge in [-0.3, -0.25) is 4.99 Å². The van der Waals surface area contributed by atoms with Crippen molar-refractivity contribution in [2.45, 2.75) is 46.5 Å². The Morgan fingerprint density at radius 1 is 1.29 bits per heavy atom. The van der Waals surface area contributed by atoms with E-state index in [9.17, 15) is 0 Å². The Kier molecular flexibility index (Phi) is 10.2. The minimum absolute atomic E-state index is 0. The summed E-state index contributed by atoms with van der Waals surface area (Å²) in [4.78, 5) is 8.67. The fourth-order valence-electron chi connectivity index (χ4n) is 2.70. The Morgan fingerprint density at radius 3 is 2.64 bits per heavy atom. The minimum Gasteiger partial charge on any atom is -0.356 e. The molecule has 0 aliphatic carbocycles. The molecule has 6 nitrogen and oxygen atoms in total. The summed E-state index contributed by atoms with van der Waals surface area (Å²) in [6.07, 6.45) is 1.59. The Hall–Kier alpha value is -1.35. The second-order valence-electron chi connectivity index (χ2n) is 7.77. The number of aromatic nitrogens is 2. The first kappa shape index (κ1) is 24.7. The molecule has 1 aromatic heterocycles. The zero-order chi connectivity index (χ0) is 19.9. The van der Waals surface area contributed by atoms with Crippen LogP contribution in [-0.2, 0) is 12.8 Å². The number of aliphatic imine (C=N–C) groups is 1. The van der Waals surface area contributed by atoms with E-state index in [4.69, 9.17) is 16.1 Å². The van der Waals surface area contributed by atoms with Crippen molar-refractivity contribution < 1.29 is 4.52 Å². The summed E-state index contributed by atoms with van der Waals surface area (Å²) < 4.78 is 5.26. The first-order chi connectivity index (χ1) is 12.8. The van der Waals surface area contributed by atoms with Crippen LogP contribution in [0.1, 0.15) is 50.9 Å². The largest absolute Gasteiger partial charge is 0.356 e. The molecule has 0 spiro atoms. The molecule has 0 bridgehead atoms. The number of hydrogen-bond donors (Lipinski definition) is 2. The molecule has 1 aromatic carbocycles. The third kappa shape index (κ3) is 8.34. The van der Waals surface area contributed by atoms with E-state index in [1.54, 1.807) is 7.05 Å². The quantitative estimate of drug-likeness (QED) is 0.306. The topological polar surface area (TPSA) is 75.3 Å². The van der Waals surface area contributed by atoms with Crippen molar-refractivity contribution in [2.75, 3.05) is 20.1 Å². The van der Waals surface area contributed by atoms with Gasteiger partial charge in [-0.2, -0.15) is 4.98 Å². The van der Waals surface area contributed by atoms with Gasteiger partial charge in [0.2, 0.25) is 5.89 Å². The second-order valence-corrected chi connectivity index (χ2v) is 8.21. The molecule has 0 saturated carbocycles.